The van der Waals surface area contributed by atoms with Gasteiger partial charge in [-0.1, -0.05) is 399 Å². The summed E-state index contributed by atoms with van der Waals surface area (Å²) in [5.74, 6) is -0.558. The number of aliphatic hydroxyl groups excluding tert-OH is 1. The minimum atomic E-state index is -0.766. The van der Waals surface area contributed by atoms with E-state index >= 15 is 0 Å². The molecule has 0 aliphatic carbocycles. The Morgan fingerprint density at radius 1 is 0.250 bits per heavy atom. The lowest BCUT2D eigenvalue weighted by molar-refractivity contribution is -0.161. The van der Waals surface area contributed by atoms with E-state index < -0.39 is 6.10 Å². The number of hydrogen-bond donors (Lipinski definition) is 1. The summed E-state index contributed by atoms with van der Waals surface area (Å²) in [7, 11) is 0. The SMILES string of the molecule is CCCCCCCCCCCCCCCCCCCCCCCCCCCCCCCCCCC(=O)OC(CO)COC(=O)CCCCCCCCCCCCCCCCCCCCCCCCCCCCCCCC. The van der Waals surface area contributed by atoms with Crippen molar-refractivity contribution in [2.45, 2.75) is 431 Å². The van der Waals surface area contributed by atoms with Crippen LogP contribution in [-0.2, 0) is 19.1 Å². The van der Waals surface area contributed by atoms with Crippen molar-refractivity contribution in [3.05, 3.63) is 0 Å². The molecule has 5 nitrogen and oxygen atoms in total. The molecule has 0 spiro atoms. The molecule has 1 atom stereocenters. The van der Waals surface area contributed by atoms with Gasteiger partial charge in [-0.05, 0) is 12.8 Å². The molecule has 0 bridgehead atoms. The quantitative estimate of drug-likeness (QED) is 0.0485. The predicted octanol–water partition coefficient (Wildman–Crippen LogP) is 24.4. The Kier molecular flexibility index (Phi) is 67.2. The van der Waals surface area contributed by atoms with E-state index in [2.05, 4.69) is 13.8 Å². The molecule has 1 N–H and O–H groups in total. The van der Waals surface area contributed by atoms with Crippen LogP contribution in [0.4, 0.5) is 0 Å². The number of ether oxygens (including phenoxy) is 2. The minimum Gasteiger partial charge on any atom is -0.462 e. The van der Waals surface area contributed by atoms with E-state index in [-0.39, 0.29) is 25.2 Å². The van der Waals surface area contributed by atoms with Gasteiger partial charge in [0.2, 0.25) is 0 Å². The van der Waals surface area contributed by atoms with Crippen LogP contribution in [0.3, 0.4) is 0 Å². The highest BCUT2D eigenvalue weighted by atomic mass is 16.6. The first kappa shape index (κ1) is 74.9. The van der Waals surface area contributed by atoms with Gasteiger partial charge in [-0.2, -0.15) is 0 Å². The number of rotatable bonds is 68. The zero-order valence-corrected chi connectivity index (χ0v) is 52.3. The molecular formula is C71H140O5. The maximum Gasteiger partial charge on any atom is 0.306 e. The Balaban J connectivity index is 3.35. The van der Waals surface area contributed by atoms with E-state index in [0.29, 0.717) is 12.8 Å². The van der Waals surface area contributed by atoms with Gasteiger partial charge in [-0.3, -0.25) is 9.59 Å². The summed E-state index contributed by atoms with van der Waals surface area (Å²) >= 11 is 0. The third kappa shape index (κ3) is 65.4. The topological polar surface area (TPSA) is 72.8 Å². The second kappa shape index (κ2) is 68.2. The van der Waals surface area contributed by atoms with Crippen LogP contribution >= 0.6 is 0 Å². The van der Waals surface area contributed by atoms with Gasteiger partial charge in [0, 0.05) is 12.8 Å². The van der Waals surface area contributed by atoms with Crippen molar-refractivity contribution in [3.8, 4) is 0 Å². The van der Waals surface area contributed by atoms with Crippen LogP contribution in [0.2, 0.25) is 0 Å². The highest BCUT2D eigenvalue weighted by Crippen LogP contribution is 2.20. The number of aliphatic hydroxyl groups is 1. The van der Waals surface area contributed by atoms with Crippen molar-refractivity contribution in [1.29, 1.82) is 0 Å². The third-order valence-electron chi connectivity index (χ3n) is 16.9. The van der Waals surface area contributed by atoms with E-state index in [1.54, 1.807) is 0 Å². The molecule has 0 saturated heterocycles. The fourth-order valence-corrected chi connectivity index (χ4v) is 11.6. The summed E-state index contributed by atoms with van der Waals surface area (Å²) in [5.41, 5.74) is 0. The van der Waals surface area contributed by atoms with Gasteiger partial charge in [-0.25, -0.2) is 0 Å². The molecule has 0 aromatic carbocycles. The van der Waals surface area contributed by atoms with Crippen LogP contribution in [0.15, 0.2) is 0 Å². The largest absolute Gasteiger partial charge is 0.462 e. The zero-order valence-electron chi connectivity index (χ0n) is 52.3. The number of hydrogen-bond acceptors (Lipinski definition) is 5. The smallest absolute Gasteiger partial charge is 0.306 e. The summed E-state index contributed by atoms with van der Waals surface area (Å²) in [6.07, 6.45) is 85.9. The van der Waals surface area contributed by atoms with Crippen molar-refractivity contribution in [3.63, 3.8) is 0 Å². The summed E-state index contributed by atoms with van der Waals surface area (Å²) in [5, 5.41) is 9.70. The Bertz CT molecular complexity index is 1080. The third-order valence-corrected chi connectivity index (χ3v) is 16.9. The molecule has 76 heavy (non-hydrogen) atoms. The molecule has 454 valence electrons. The molecule has 0 aliphatic rings. The van der Waals surface area contributed by atoms with Crippen molar-refractivity contribution in [1.82, 2.24) is 0 Å². The van der Waals surface area contributed by atoms with Crippen molar-refractivity contribution in [2.24, 2.45) is 0 Å². The highest BCUT2D eigenvalue weighted by Gasteiger charge is 2.16. The van der Waals surface area contributed by atoms with E-state index in [9.17, 15) is 14.7 Å². The van der Waals surface area contributed by atoms with E-state index in [1.807, 2.05) is 0 Å². The van der Waals surface area contributed by atoms with E-state index in [1.165, 1.54) is 366 Å². The van der Waals surface area contributed by atoms with Gasteiger partial charge >= 0.3 is 11.9 Å². The minimum absolute atomic E-state index is 0.0552. The Morgan fingerprint density at radius 3 is 0.579 bits per heavy atom. The zero-order chi connectivity index (χ0) is 54.8. The number of carbonyl (C=O) groups is 2. The average molecular weight is 1070 g/mol. The lowest BCUT2D eigenvalue weighted by atomic mass is 10.0. The molecule has 0 heterocycles. The highest BCUT2D eigenvalue weighted by molar-refractivity contribution is 5.70. The number of esters is 2. The predicted molar refractivity (Wildman–Crippen MR) is 335 cm³/mol. The first-order chi connectivity index (χ1) is 37.6. The van der Waals surface area contributed by atoms with Gasteiger partial charge in [0.1, 0.15) is 6.61 Å². The standard InChI is InChI=1S/C71H140O5/c1-3-5-7-9-11-13-15-17-19-21-23-25-27-29-31-33-35-36-38-40-42-44-46-48-50-52-54-56-58-60-62-64-66-71(74)76-69(67-72)68-75-70(73)65-63-61-59-57-55-53-51-49-47-45-43-41-39-37-34-32-30-28-26-24-22-20-18-16-14-12-10-8-6-4-2/h69,72H,3-68H2,1-2H3. The normalized spacial score (nSPS) is 12.0. The number of carbonyl (C=O) groups excluding carboxylic acids is 2. The van der Waals surface area contributed by atoms with Crippen LogP contribution < -0.4 is 0 Å². The van der Waals surface area contributed by atoms with Crippen LogP contribution in [0, 0.1) is 0 Å². The maximum atomic E-state index is 12.4. The first-order valence-corrected chi connectivity index (χ1v) is 35.6. The van der Waals surface area contributed by atoms with Gasteiger partial charge in [0.25, 0.3) is 0 Å². The van der Waals surface area contributed by atoms with E-state index in [0.717, 1.165) is 32.1 Å². The molecule has 0 fully saturated rings. The van der Waals surface area contributed by atoms with Gasteiger partial charge in [0.15, 0.2) is 6.10 Å². The summed E-state index contributed by atoms with van der Waals surface area (Å²) < 4.78 is 10.8. The van der Waals surface area contributed by atoms with Gasteiger partial charge in [0.05, 0.1) is 6.61 Å². The molecule has 1 unspecified atom stereocenters. The summed E-state index contributed by atoms with van der Waals surface area (Å²) in [4.78, 5) is 24.6. The molecule has 0 aromatic heterocycles. The van der Waals surface area contributed by atoms with Crippen LogP contribution in [0.1, 0.15) is 425 Å². The maximum absolute atomic E-state index is 12.4. The van der Waals surface area contributed by atoms with E-state index in [4.69, 9.17) is 9.47 Å². The molecular weight excluding hydrogens is 933 g/mol. The Hall–Kier alpha value is -1.10. The van der Waals surface area contributed by atoms with Crippen molar-refractivity contribution in [2.75, 3.05) is 13.2 Å². The molecule has 0 aromatic rings. The molecule has 0 aliphatic heterocycles. The molecule has 0 amide bonds. The second-order valence-corrected chi connectivity index (χ2v) is 24.7. The van der Waals surface area contributed by atoms with Gasteiger partial charge in [-0.15, -0.1) is 0 Å². The average Bonchev–Trinajstić information content (AvgIpc) is 3.42. The molecule has 0 rings (SSSR count). The van der Waals surface area contributed by atoms with Crippen LogP contribution in [-0.4, -0.2) is 36.4 Å². The summed E-state index contributed by atoms with van der Waals surface area (Å²) in [6.45, 7) is 4.23. The second-order valence-electron chi connectivity index (χ2n) is 24.7. The van der Waals surface area contributed by atoms with Crippen molar-refractivity contribution >= 4 is 11.9 Å². The fourth-order valence-electron chi connectivity index (χ4n) is 11.6. The Morgan fingerprint density at radius 2 is 0.408 bits per heavy atom. The summed E-state index contributed by atoms with van der Waals surface area (Å²) in [6, 6.07) is 0. The number of unbranched alkanes of at least 4 members (excludes halogenated alkanes) is 60. The monoisotopic (exact) mass is 1070 g/mol. The van der Waals surface area contributed by atoms with Gasteiger partial charge < -0.3 is 14.6 Å². The first-order valence-electron chi connectivity index (χ1n) is 35.6. The molecule has 0 saturated carbocycles. The van der Waals surface area contributed by atoms with Crippen molar-refractivity contribution < 1.29 is 24.2 Å². The lowest BCUT2D eigenvalue weighted by Gasteiger charge is -2.15. The van der Waals surface area contributed by atoms with Crippen LogP contribution in [0.5, 0.6) is 0 Å². The Labute approximate surface area is 478 Å². The molecule has 0 radical (unpaired) electrons. The fraction of sp³-hybridized carbons (Fsp3) is 0.972. The van der Waals surface area contributed by atoms with Crippen LogP contribution in [0.25, 0.3) is 0 Å². The molecule has 5 heteroatoms. The lowest BCUT2D eigenvalue weighted by Crippen LogP contribution is -2.28.